The number of carbonyl (C=O) groups excluding carboxylic acids is 2. The van der Waals surface area contributed by atoms with Crippen molar-refractivity contribution in [3.8, 4) is 0 Å². The standard InChI is InChI=1S/C19H20FN3O2/c20-15-6-8-16(9-7-15)22-19(25)18(24)21-12-14-10-11-23(13-14)17-4-2-1-3-5-17/h1-9,14H,10-13H2,(H,21,24)(H,22,25)/t14-/m1/s1. The van der Waals surface area contributed by atoms with Gasteiger partial charge < -0.3 is 15.5 Å². The lowest BCUT2D eigenvalue weighted by Crippen LogP contribution is -2.38. The molecule has 0 aliphatic carbocycles. The summed E-state index contributed by atoms with van der Waals surface area (Å²) in [4.78, 5) is 26.0. The van der Waals surface area contributed by atoms with E-state index in [2.05, 4.69) is 27.7 Å². The highest BCUT2D eigenvalue weighted by Crippen LogP contribution is 2.22. The largest absolute Gasteiger partial charge is 0.371 e. The van der Waals surface area contributed by atoms with Crippen LogP contribution >= 0.6 is 0 Å². The molecule has 130 valence electrons. The Hall–Kier alpha value is -2.89. The Morgan fingerprint density at radius 1 is 1.04 bits per heavy atom. The molecule has 0 aromatic heterocycles. The number of benzene rings is 2. The van der Waals surface area contributed by atoms with Gasteiger partial charge in [0.25, 0.3) is 0 Å². The summed E-state index contributed by atoms with van der Waals surface area (Å²) in [6.45, 7) is 2.25. The third-order valence-electron chi connectivity index (χ3n) is 4.27. The van der Waals surface area contributed by atoms with Gasteiger partial charge in [-0.25, -0.2) is 4.39 Å². The van der Waals surface area contributed by atoms with Crippen molar-refractivity contribution in [3.05, 3.63) is 60.4 Å². The van der Waals surface area contributed by atoms with Gasteiger partial charge in [-0.2, -0.15) is 0 Å². The normalized spacial score (nSPS) is 16.5. The maximum atomic E-state index is 12.8. The molecule has 1 aliphatic heterocycles. The van der Waals surface area contributed by atoms with Gasteiger partial charge in [0.15, 0.2) is 0 Å². The minimum atomic E-state index is -0.746. The Balaban J connectivity index is 1.44. The monoisotopic (exact) mass is 341 g/mol. The molecule has 2 aromatic rings. The second kappa shape index (κ2) is 7.79. The van der Waals surface area contributed by atoms with Crippen LogP contribution in [0.25, 0.3) is 0 Å². The maximum absolute atomic E-state index is 12.8. The summed E-state index contributed by atoms with van der Waals surface area (Å²) in [6, 6.07) is 15.4. The third kappa shape index (κ3) is 4.56. The summed E-state index contributed by atoms with van der Waals surface area (Å²) in [7, 11) is 0. The van der Waals surface area contributed by atoms with E-state index in [1.54, 1.807) is 0 Å². The van der Waals surface area contributed by atoms with E-state index in [1.165, 1.54) is 30.0 Å². The fourth-order valence-corrected chi connectivity index (χ4v) is 2.91. The highest BCUT2D eigenvalue weighted by molar-refractivity contribution is 6.39. The van der Waals surface area contributed by atoms with Crippen molar-refractivity contribution in [1.82, 2.24) is 5.32 Å². The molecule has 1 atom stereocenters. The van der Waals surface area contributed by atoms with Crippen LogP contribution in [0.15, 0.2) is 54.6 Å². The van der Waals surface area contributed by atoms with Crippen LogP contribution in [0.3, 0.4) is 0 Å². The van der Waals surface area contributed by atoms with Crippen LogP contribution in [0.1, 0.15) is 6.42 Å². The number of halogens is 1. The second-order valence-electron chi connectivity index (χ2n) is 6.11. The first-order valence-electron chi connectivity index (χ1n) is 8.26. The lowest BCUT2D eigenvalue weighted by atomic mass is 10.1. The summed E-state index contributed by atoms with van der Waals surface area (Å²) >= 11 is 0. The molecule has 5 nitrogen and oxygen atoms in total. The van der Waals surface area contributed by atoms with Crippen molar-refractivity contribution in [2.45, 2.75) is 6.42 Å². The summed E-state index contributed by atoms with van der Waals surface area (Å²) in [6.07, 6.45) is 0.967. The molecular formula is C19H20FN3O2. The van der Waals surface area contributed by atoms with Crippen molar-refractivity contribution >= 4 is 23.2 Å². The molecule has 2 N–H and O–H groups in total. The van der Waals surface area contributed by atoms with Gasteiger partial charge in [-0.05, 0) is 48.7 Å². The predicted octanol–water partition coefficient (Wildman–Crippen LogP) is 2.41. The first-order valence-corrected chi connectivity index (χ1v) is 8.26. The molecule has 0 unspecified atom stereocenters. The van der Waals surface area contributed by atoms with Crippen LogP contribution in [0.4, 0.5) is 15.8 Å². The minimum absolute atomic E-state index is 0.308. The molecule has 0 spiro atoms. The Bertz CT molecular complexity index is 734. The van der Waals surface area contributed by atoms with Gasteiger partial charge >= 0.3 is 11.8 Å². The topological polar surface area (TPSA) is 61.4 Å². The van der Waals surface area contributed by atoms with E-state index >= 15 is 0 Å². The predicted molar refractivity (Wildman–Crippen MR) is 94.8 cm³/mol. The Labute approximate surface area is 145 Å². The second-order valence-corrected chi connectivity index (χ2v) is 6.11. The Morgan fingerprint density at radius 3 is 2.48 bits per heavy atom. The van der Waals surface area contributed by atoms with Crippen LogP contribution in [-0.2, 0) is 9.59 Å². The zero-order valence-corrected chi connectivity index (χ0v) is 13.7. The Morgan fingerprint density at radius 2 is 1.76 bits per heavy atom. The first kappa shape index (κ1) is 17.0. The molecule has 1 fully saturated rings. The molecule has 1 aliphatic rings. The number of rotatable bonds is 4. The molecule has 0 radical (unpaired) electrons. The number of hydrogen-bond donors (Lipinski definition) is 2. The van der Waals surface area contributed by atoms with Crippen molar-refractivity contribution in [2.24, 2.45) is 5.92 Å². The third-order valence-corrected chi connectivity index (χ3v) is 4.27. The van der Waals surface area contributed by atoms with Gasteiger partial charge in [0.1, 0.15) is 5.82 Å². The molecule has 2 aromatic carbocycles. The molecule has 3 rings (SSSR count). The molecule has 0 bridgehead atoms. The van der Waals surface area contributed by atoms with Gasteiger partial charge in [-0.3, -0.25) is 9.59 Å². The van der Waals surface area contributed by atoms with E-state index in [-0.39, 0.29) is 0 Å². The molecule has 2 amide bonds. The maximum Gasteiger partial charge on any atom is 0.313 e. The lowest BCUT2D eigenvalue weighted by Gasteiger charge is -2.18. The lowest BCUT2D eigenvalue weighted by molar-refractivity contribution is -0.136. The molecule has 1 saturated heterocycles. The minimum Gasteiger partial charge on any atom is -0.371 e. The van der Waals surface area contributed by atoms with Gasteiger partial charge in [0.05, 0.1) is 0 Å². The van der Waals surface area contributed by atoms with Crippen molar-refractivity contribution in [2.75, 3.05) is 29.9 Å². The number of amides is 2. The van der Waals surface area contributed by atoms with E-state index in [4.69, 9.17) is 0 Å². The fraction of sp³-hybridized carbons (Fsp3) is 0.263. The molecular weight excluding hydrogens is 321 g/mol. The van der Waals surface area contributed by atoms with E-state index in [1.807, 2.05) is 18.2 Å². The zero-order valence-electron chi connectivity index (χ0n) is 13.7. The molecule has 6 heteroatoms. The SMILES string of the molecule is O=C(NC[C@H]1CCN(c2ccccc2)C1)C(=O)Nc1ccc(F)cc1. The van der Waals surface area contributed by atoms with Gasteiger partial charge in [0, 0.05) is 31.0 Å². The average molecular weight is 341 g/mol. The van der Waals surface area contributed by atoms with Crippen LogP contribution < -0.4 is 15.5 Å². The number of hydrogen-bond acceptors (Lipinski definition) is 3. The van der Waals surface area contributed by atoms with Crippen LogP contribution in [-0.4, -0.2) is 31.4 Å². The number of carbonyl (C=O) groups is 2. The summed E-state index contributed by atoms with van der Waals surface area (Å²) in [5.74, 6) is -1.51. The van der Waals surface area contributed by atoms with Gasteiger partial charge in [-0.1, -0.05) is 18.2 Å². The number of nitrogens with zero attached hydrogens (tertiary/aromatic N) is 1. The Kier molecular flexibility index (Phi) is 5.28. The summed E-state index contributed by atoms with van der Waals surface area (Å²) in [5.41, 5.74) is 1.56. The van der Waals surface area contributed by atoms with Crippen LogP contribution in [0.5, 0.6) is 0 Å². The fourth-order valence-electron chi connectivity index (χ4n) is 2.91. The van der Waals surface area contributed by atoms with E-state index in [0.29, 0.717) is 18.2 Å². The summed E-state index contributed by atoms with van der Waals surface area (Å²) < 4.78 is 12.8. The highest BCUT2D eigenvalue weighted by Gasteiger charge is 2.24. The quantitative estimate of drug-likeness (QED) is 0.840. The molecule has 0 saturated carbocycles. The smallest absolute Gasteiger partial charge is 0.313 e. The zero-order chi connectivity index (χ0) is 17.6. The first-order chi connectivity index (χ1) is 12.1. The number of para-hydroxylation sites is 1. The van der Waals surface area contributed by atoms with Gasteiger partial charge in [-0.15, -0.1) is 0 Å². The summed E-state index contributed by atoms with van der Waals surface area (Å²) in [5, 5.41) is 5.13. The average Bonchev–Trinajstić information content (AvgIpc) is 3.11. The molecule has 25 heavy (non-hydrogen) atoms. The van der Waals surface area contributed by atoms with Crippen molar-refractivity contribution in [1.29, 1.82) is 0 Å². The highest BCUT2D eigenvalue weighted by atomic mass is 19.1. The number of nitrogens with one attached hydrogen (secondary N) is 2. The molecule has 1 heterocycles. The van der Waals surface area contributed by atoms with E-state index in [0.717, 1.165) is 19.5 Å². The van der Waals surface area contributed by atoms with E-state index in [9.17, 15) is 14.0 Å². The van der Waals surface area contributed by atoms with Crippen LogP contribution in [0, 0.1) is 11.7 Å². The van der Waals surface area contributed by atoms with Gasteiger partial charge in [0.2, 0.25) is 0 Å². The van der Waals surface area contributed by atoms with E-state index < -0.39 is 17.6 Å². The number of anilines is 2. The van der Waals surface area contributed by atoms with Crippen molar-refractivity contribution in [3.63, 3.8) is 0 Å². The van der Waals surface area contributed by atoms with Crippen molar-refractivity contribution < 1.29 is 14.0 Å². The van der Waals surface area contributed by atoms with Crippen LogP contribution in [0.2, 0.25) is 0 Å².